The molecule has 0 fully saturated rings. The van der Waals surface area contributed by atoms with Crippen molar-refractivity contribution in [2.75, 3.05) is 11.3 Å². The second-order valence-corrected chi connectivity index (χ2v) is 7.44. The van der Waals surface area contributed by atoms with Gasteiger partial charge in [0.2, 0.25) is 0 Å². The van der Waals surface area contributed by atoms with Crippen molar-refractivity contribution in [2.45, 2.75) is 18.2 Å². The van der Waals surface area contributed by atoms with Gasteiger partial charge < -0.3 is 4.74 Å². The fraction of sp³-hybridized carbons (Fsp3) is 0.200. The summed E-state index contributed by atoms with van der Waals surface area (Å²) in [6, 6.07) is 9.96. The standard InChI is InChI=1S/C15H15BrN2O5S/c1-2-9-23-12-5-8-14(15(10-12)18(19)20)17-24(21,22)13-6-3-11(16)4-7-13/h3-8,10,17H,2,9H2,1H3. The molecular weight excluding hydrogens is 400 g/mol. The zero-order chi connectivity index (χ0) is 17.7. The van der Waals surface area contributed by atoms with Gasteiger partial charge in [-0.2, -0.15) is 0 Å². The van der Waals surface area contributed by atoms with E-state index in [2.05, 4.69) is 20.7 Å². The van der Waals surface area contributed by atoms with Crippen molar-refractivity contribution in [1.29, 1.82) is 0 Å². The van der Waals surface area contributed by atoms with Crippen LogP contribution in [0, 0.1) is 10.1 Å². The van der Waals surface area contributed by atoms with Gasteiger partial charge >= 0.3 is 0 Å². The zero-order valence-corrected chi connectivity index (χ0v) is 15.1. The number of halogens is 1. The van der Waals surface area contributed by atoms with Crippen LogP contribution in [-0.2, 0) is 10.0 Å². The predicted octanol–water partition coefficient (Wildman–Crippen LogP) is 3.95. The van der Waals surface area contributed by atoms with E-state index in [1.807, 2.05) is 6.92 Å². The molecule has 0 spiro atoms. The maximum Gasteiger partial charge on any atom is 0.297 e. The quantitative estimate of drug-likeness (QED) is 0.546. The molecule has 2 aromatic carbocycles. The van der Waals surface area contributed by atoms with Gasteiger partial charge in [-0.25, -0.2) is 8.42 Å². The number of hydrogen-bond acceptors (Lipinski definition) is 5. The molecule has 0 saturated carbocycles. The number of rotatable bonds is 7. The average molecular weight is 415 g/mol. The van der Waals surface area contributed by atoms with E-state index in [1.54, 1.807) is 12.1 Å². The second kappa shape index (κ2) is 7.63. The summed E-state index contributed by atoms with van der Waals surface area (Å²) >= 11 is 3.22. The van der Waals surface area contributed by atoms with Crippen LogP contribution in [0.1, 0.15) is 13.3 Å². The summed E-state index contributed by atoms with van der Waals surface area (Å²) in [5.41, 5.74) is -0.490. The Morgan fingerprint density at radius 1 is 1.21 bits per heavy atom. The Morgan fingerprint density at radius 3 is 2.46 bits per heavy atom. The number of sulfonamides is 1. The second-order valence-electron chi connectivity index (χ2n) is 4.84. The molecule has 0 saturated heterocycles. The van der Waals surface area contributed by atoms with Crippen LogP contribution in [0.4, 0.5) is 11.4 Å². The van der Waals surface area contributed by atoms with Crippen LogP contribution in [0.3, 0.4) is 0 Å². The summed E-state index contributed by atoms with van der Waals surface area (Å²) in [4.78, 5) is 10.6. The first-order chi connectivity index (χ1) is 11.3. The third kappa shape index (κ3) is 4.45. The van der Waals surface area contributed by atoms with Gasteiger partial charge in [-0.1, -0.05) is 22.9 Å². The van der Waals surface area contributed by atoms with Gasteiger partial charge in [0.15, 0.2) is 0 Å². The highest BCUT2D eigenvalue weighted by Crippen LogP contribution is 2.31. The number of benzene rings is 2. The van der Waals surface area contributed by atoms with Crippen molar-refractivity contribution in [3.8, 4) is 5.75 Å². The number of nitro groups is 1. The minimum atomic E-state index is -3.93. The van der Waals surface area contributed by atoms with Gasteiger partial charge in [-0.05, 0) is 42.8 Å². The molecule has 0 aliphatic heterocycles. The Balaban J connectivity index is 2.34. The van der Waals surface area contributed by atoms with Crippen molar-refractivity contribution in [2.24, 2.45) is 0 Å². The zero-order valence-electron chi connectivity index (χ0n) is 12.7. The Morgan fingerprint density at radius 2 is 1.88 bits per heavy atom. The van der Waals surface area contributed by atoms with E-state index in [0.29, 0.717) is 12.4 Å². The molecule has 9 heteroatoms. The van der Waals surface area contributed by atoms with Crippen LogP contribution in [0.25, 0.3) is 0 Å². The Bertz CT molecular complexity index is 837. The minimum absolute atomic E-state index is 0.00584. The molecule has 0 aliphatic carbocycles. The topological polar surface area (TPSA) is 98.5 Å². The van der Waals surface area contributed by atoms with E-state index in [0.717, 1.165) is 10.9 Å². The number of nitro benzene ring substituents is 1. The molecule has 0 radical (unpaired) electrons. The van der Waals surface area contributed by atoms with Gasteiger partial charge in [0.05, 0.1) is 22.5 Å². The number of ether oxygens (including phenoxy) is 1. The fourth-order valence-corrected chi connectivity index (χ4v) is 3.21. The van der Waals surface area contributed by atoms with E-state index in [9.17, 15) is 18.5 Å². The molecule has 0 unspecified atom stereocenters. The number of anilines is 1. The summed E-state index contributed by atoms with van der Waals surface area (Å²) in [6.45, 7) is 2.33. The van der Waals surface area contributed by atoms with Crippen molar-refractivity contribution >= 4 is 37.3 Å². The molecule has 0 heterocycles. The van der Waals surface area contributed by atoms with E-state index in [4.69, 9.17) is 4.74 Å². The first-order valence-electron chi connectivity index (χ1n) is 7.03. The van der Waals surface area contributed by atoms with Gasteiger partial charge in [0, 0.05) is 4.47 Å². The molecule has 1 N–H and O–H groups in total. The van der Waals surface area contributed by atoms with Crippen LogP contribution in [0.15, 0.2) is 51.8 Å². The molecule has 0 aromatic heterocycles. The highest BCUT2D eigenvalue weighted by Gasteiger charge is 2.21. The SMILES string of the molecule is CCCOc1ccc(NS(=O)(=O)c2ccc(Br)cc2)c([N+](=O)[O-])c1. The van der Waals surface area contributed by atoms with Gasteiger partial charge in [-0.3, -0.25) is 14.8 Å². The molecule has 7 nitrogen and oxygen atoms in total. The third-order valence-electron chi connectivity index (χ3n) is 3.01. The molecule has 0 amide bonds. The number of nitrogens with one attached hydrogen (secondary N) is 1. The van der Waals surface area contributed by atoms with Gasteiger partial charge in [-0.15, -0.1) is 0 Å². The van der Waals surface area contributed by atoms with Crippen LogP contribution >= 0.6 is 15.9 Å². The summed E-state index contributed by atoms with van der Waals surface area (Å²) in [5, 5.41) is 11.2. The lowest BCUT2D eigenvalue weighted by atomic mass is 10.2. The van der Waals surface area contributed by atoms with Gasteiger partial charge in [0.25, 0.3) is 15.7 Å². The lowest BCUT2D eigenvalue weighted by Crippen LogP contribution is -2.14. The maximum absolute atomic E-state index is 12.4. The Kier molecular flexibility index (Phi) is 5.79. The Labute approximate surface area is 148 Å². The highest BCUT2D eigenvalue weighted by molar-refractivity contribution is 9.10. The van der Waals surface area contributed by atoms with Crippen molar-refractivity contribution < 1.29 is 18.1 Å². The fourth-order valence-electron chi connectivity index (χ4n) is 1.88. The molecule has 0 bridgehead atoms. The first kappa shape index (κ1) is 18.2. The van der Waals surface area contributed by atoms with Crippen LogP contribution in [0.5, 0.6) is 5.75 Å². The average Bonchev–Trinajstić information content (AvgIpc) is 2.53. The van der Waals surface area contributed by atoms with E-state index < -0.39 is 14.9 Å². The minimum Gasteiger partial charge on any atom is -0.493 e. The molecule has 128 valence electrons. The smallest absolute Gasteiger partial charge is 0.297 e. The monoisotopic (exact) mass is 414 g/mol. The lowest BCUT2D eigenvalue weighted by Gasteiger charge is -2.10. The van der Waals surface area contributed by atoms with Crippen LogP contribution in [-0.4, -0.2) is 19.9 Å². The number of nitrogens with zero attached hydrogens (tertiary/aromatic N) is 1. The Hall–Kier alpha value is -2.13. The summed E-state index contributed by atoms with van der Waals surface area (Å²) < 4.78 is 33.0. The third-order valence-corrected chi connectivity index (χ3v) is 4.92. The van der Waals surface area contributed by atoms with Crippen LogP contribution in [0.2, 0.25) is 0 Å². The molecule has 0 aliphatic rings. The van der Waals surface area contributed by atoms with Gasteiger partial charge in [0.1, 0.15) is 11.4 Å². The van der Waals surface area contributed by atoms with Crippen LogP contribution < -0.4 is 9.46 Å². The predicted molar refractivity (Wildman–Crippen MR) is 93.8 cm³/mol. The normalized spacial score (nSPS) is 11.1. The number of hydrogen-bond donors (Lipinski definition) is 1. The highest BCUT2D eigenvalue weighted by atomic mass is 79.9. The first-order valence-corrected chi connectivity index (χ1v) is 9.30. The lowest BCUT2D eigenvalue weighted by molar-refractivity contribution is -0.384. The van der Waals surface area contributed by atoms with E-state index >= 15 is 0 Å². The molecule has 24 heavy (non-hydrogen) atoms. The van der Waals surface area contributed by atoms with Crippen molar-refractivity contribution in [1.82, 2.24) is 0 Å². The summed E-state index contributed by atoms with van der Waals surface area (Å²) in [6.07, 6.45) is 0.756. The maximum atomic E-state index is 12.4. The molecule has 2 aromatic rings. The molecule has 2 rings (SSSR count). The largest absolute Gasteiger partial charge is 0.493 e. The van der Waals surface area contributed by atoms with Crippen molar-refractivity contribution in [3.63, 3.8) is 0 Å². The summed E-state index contributed by atoms with van der Waals surface area (Å²) in [5.74, 6) is 0.315. The van der Waals surface area contributed by atoms with Crippen molar-refractivity contribution in [3.05, 3.63) is 57.1 Å². The molecular formula is C15H15BrN2O5S. The molecule has 0 atom stereocenters. The van der Waals surface area contributed by atoms with E-state index in [1.165, 1.54) is 30.3 Å². The van der Waals surface area contributed by atoms with E-state index in [-0.39, 0.29) is 16.3 Å². The summed E-state index contributed by atoms with van der Waals surface area (Å²) in [7, 11) is -3.93.